The highest BCUT2D eigenvalue weighted by Gasteiger charge is 2.38. The minimum atomic E-state index is 0.0846. The highest BCUT2D eigenvalue weighted by atomic mass is 32.1. The summed E-state index contributed by atoms with van der Waals surface area (Å²) in [5, 5.41) is 11.7. The van der Waals surface area contributed by atoms with Gasteiger partial charge in [0.1, 0.15) is 0 Å². The molecule has 102 valence electrons. The van der Waals surface area contributed by atoms with Gasteiger partial charge in [0.15, 0.2) is 0 Å². The van der Waals surface area contributed by atoms with Crippen molar-refractivity contribution in [2.24, 2.45) is 0 Å². The quantitative estimate of drug-likeness (QED) is 0.932. The highest BCUT2D eigenvalue weighted by Crippen LogP contribution is 2.37. The molecule has 0 aliphatic carbocycles. The van der Waals surface area contributed by atoms with Gasteiger partial charge in [-0.25, -0.2) is 0 Å². The van der Waals surface area contributed by atoms with Crippen molar-refractivity contribution in [2.45, 2.75) is 38.0 Å². The smallest absolute Gasteiger partial charge is 0.233 e. The molecule has 0 atom stereocenters. The van der Waals surface area contributed by atoms with Gasteiger partial charge in [-0.1, -0.05) is 18.5 Å². The van der Waals surface area contributed by atoms with Crippen LogP contribution in [0.4, 0.5) is 0 Å². The van der Waals surface area contributed by atoms with Crippen LogP contribution >= 0.6 is 11.3 Å². The van der Waals surface area contributed by atoms with E-state index in [0.717, 1.165) is 56.1 Å². The summed E-state index contributed by atoms with van der Waals surface area (Å²) in [5.74, 6) is 1.56. The van der Waals surface area contributed by atoms with Gasteiger partial charge in [-0.2, -0.15) is 16.3 Å². The molecule has 1 fully saturated rings. The summed E-state index contributed by atoms with van der Waals surface area (Å²) in [4.78, 5) is 4.67. The van der Waals surface area contributed by atoms with E-state index in [1.807, 2.05) is 11.4 Å². The van der Waals surface area contributed by atoms with Gasteiger partial charge < -0.3 is 9.84 Å². The zero-order valence-electron chi connectivity index (χ0n) is 11.2. The second-order valence-electron chi connectivity index (χ2n) is 5.22. The fourth-order valence-corrected chi connectivity index (χ4v) is 3.54. The van der Waals surface area contributed by atoms with Gasteiger partial charge in [0, 0.05) is 10.9 Å². The van der Waals surface area contributed by atoms with Crippen molar-refractivity contribution in [3.63, 3.8) is 0 Å². The number of thiophene rings is 1. The lowest BCUT2D eigenvalue weighted by Gasteiger charge is -2.34. The van der Waals surface area contributed by atoms with Gasteiger partial charge in [0.05, 0.1) is 5.41 Å². The minimum absolute atomic E-state index is 0.0846. The van der Waals surface area contributed by atoms with Crippen LogP contribution in [0.15, 0.2) is 21.3 Å². The molecule has 5 heteroatoms. The molecule has 1 aliphatic rings. The number of nitrogens with zero attached hydrogens (tertiary/aromatic N) is 2. The third-order valence-corrected chi connectivity index (χ3v) is 4.63. The van der Waals surface area contributed by atoms with Crippen molar-refractivity contribution in [3.8, 4) is 11.4 Å². The van der Waals surface area contributed by atoms with E-state index in [4.69, 9.17) is 4.52 Å². The molecule has 2 aromatic heterocycles. The standard InChI is InChI=1S/C14H19N3OS/c1-2-4-14(5-7-15-8-6-14)13-16-12(17-18-13)11-3-9-19-10-11/h3,9-10,15H,2,4-8H2,1H3. The molecule has 0 radical (unpaired) electrons. The van der Waals surface area contributed by atoms with Gasteiger partial charge in [-0.15, -0.1) is 0 Å². The first-order valence-corrected chi connectivity index (χ1v) is 7.86. The first-order chi connectivity index (χ1) is 9.34. The Morgan fingerprint density at radius 3 is 2.95 bits per heavy atom. The maximum Gasteiger partial charge on any atom is 0.233 e. The van der Waals surface area contributed by atoms with Crippen LogP contribution in [0.1, 0.15) is 38.5 Å². The van der Waals surface area contributed by atoms with Gasteiger partial charge in [0.25, 0.3) is 0 Å². The Morgan fingerprint density at radius 2 is 2.26 bits per heavy atom. The fourth-order valence-electron chi connectivity index (χ4n) is 2.90. The van der Waals surface area contributed by atoms with Crippen LogP contribution in [0.2, 0.25) is 0 Å². The molecule has 1 saturated heterocycles. The molecular weight excluding hydrogens is 258 g/mol. The van der Waals surface area contributed by atoms with Crippen molar-refractivity contribution in [3.05, 3.63) is 22.7 Å². The maximum atomic E-state index is 5.60. The Bertz CT molecular complexity index is 509. The maximum absolute atomic E-state index is 5.60. The molecule has 0 aromatic carbocycles. The third kappa shape index (κ3) is 2.44. The molecule has 19 heavy (non-hydrogen) atoms. The summed E-state index contributed by atoms with van der Waals surface area (Å²) in [7, 11) is 0. The molecule has 1 N–H and O–H groups in total. The Morgan fingerprint density at radius 1 is 1.42 bits per heavy atom. The Balaban J connectivity index is 1.90. The minimum Gasteiger partial charge on any atom is -0.338 e. The summed E-state index contributed by atoms with van der Waals surface area (Å²) >= 11 is 1.66. The number of rotatable bonds is 4. The molecular formula is C14H19N3OS. The lowest BCUT2D eigenvalue weighted by atomic mass is 9.75. The number of nitrogens with one attached hydrogen (secondary N) is 1. The summed E-state index contributed by atoms with van der Waals surface area (Å²) in [6, 6.07) is 2.04. The van der Waals surface area contributed by atoms with Gasteiger partial charge >= 0.3 is 0 Å². The van der Waals surface area contributed by atoms with E-state index in [1.165, 1.54) is 0 Å². The first kappa shape index (κ1) is 12.8. The third-order valence-electron chi connectivity index (χ3n) is 3.95. The Hall–Kier alpha value is -1.20. The second kappa shape index (κ2) is 5.43. The second-order valence-corrected chi connectivity index (χ2v) is 6.00. The number of hydrogen-bond acceptors (Lipinski definition) is 5. The molecule has 0 amide bonds. The van der Waals surface area contributed by atoms with Crippen LogP contribution in [0, 0.1) is 0 Å². The zero-order valence-corrected chi connectivity index (χ0v) is 12.0. The predicted molar refractivity (Wildman–Crippen MR) is 76.3 cm³/mol. The largest absolute Gasteiger partial charge is 0.338 e. The van der Waals surface area contributed by atoms with Gasteiger partial charge in [-0.05, 0) is 43.8 Å². The number of piperidine rings is 1. The van der Waals surface area contributed by atoms with E-state index in [9.17, 15) is 0 Å². The average Bonchev–Trinajstić information content (AvgIpc) is 3.11. The SMILES string of the molecule is CCCC1(c2nc(-c3ccsc3)no2)CCNCC1. The van der Waals surface area contributed by atoms with E-state index in [1.54, 1.807) is 11.3 Å². The molecule has 0 unspecified atom stereocenters. The van der Waals surface area contributed by atoms with Crippen molar-refractivity contribution < 1.29 is 4.52 Å². The van der Waals surface area contributed by atoms with Gasteiger partial charge in [-0.3, -0.25) is 0 Å². The molecule has 0 bridgehead atoms. The summed E-state index contributed by atoms with van der Waals surface area (Å²) in [5.41, 5.74) is 1.14. The number of hydrogen-bond donors (Lipinski definition) is 1. The zero-order chi connectivity index (χ0) is 13.1. The Labute approximate surface area is 117 Å². The monoisotopic (exact) mass is 277 g/mol. The number of aromatic nitrogens is 2. The van der Waals surface area contributed by atoms with Crippen molar-refractivity contribution in [1.82, 2.24) is 15.5 Å². The van der Waals surface area contributed by atoms with Crippen molar-refractivity contribution >= 4 is 11.3 Å². The molecule has 3 heterocycles. The first-order valence-electron chi connectivity index (χ1n) is 6.91. The van der Waals surface area contributed by atoms with Crippen molar-refractivity contribution in [1.29, 1.82) is 0 Å². The van der Waals surface area contributed by atoms with Crippen LogP contribution in [0.3, 0.4) is 0 Å². The predicted octanol–water partition coefficient (Wildman–Crippen LogP) is 3.22. The lowest BCUT2D eigenvalue weighted by molar-refractivity contribution is 0.208. The van der Waals surface area contributed by atoms with E-state index in [2.05, 4.69) is 27.8 Å². The normalized spacial score (nSPS) is 18.6. The van der Waals surface area contributed by atoms with Crippen LogP contribution in [0.25, 0.3) is 11.4 Å². The molecule has 0 saturated carbocycles. The average molecular weight is 277 g/mol. The van der Waals surface area contributed by atoms with Crippen LogP contribution in [-0.2, 0) is 5.41 Å². The van der Waals surface area contributed by atoms with E-state index in [-0.39, 0.29) is 5.41 Å². The molecule has 2 aromatic rings. The Kier molecular flexibility index (Phi) is 3.66. The van der Waals surface area contributed by atoms with Gasteiger partial charge in [0.2, 0.25) is 11.7 Å². The molecule has 0 spiro atoms. The molecule has 3 rings (SSSR count). The van der Waals surface area contributed by atoms with E-state index in [0.29, 0.717) is 0 Å². The van der Waals surface area contributed by atoms with E-state index < -0.39 is 0 Å². The van der Waals surface area contributed by atoms with Crippen LogP contribution in [0.5, 0.6) is 0 Å². The fraction of sp³-hybridized carbons (Fsp3) is 0.571. The summed E-state index contributed by atoms with van der Waals surface area (Å²) < 4.78 is 5.60. The summed E-state index contributed by atoms with van der Waals surface area (Å²) in [6.07, 6.45) is 4.45. The topological polar surface area (TPSA) is 51.0 Å². The van der Waals surface area contributed by atoms with Crippen molar-refractivity contribution in [2.75, 3.05) is 13.1 Å². The highest BCUT2D eigenvalue weighted by molar-refractivity contribution is 7.08. The molecule has 4 nitrogen and oxygen atoms in total. The van der Waals surface area contributed by atoms with Crippen LogP contribution < -0.4 is 5.32 Å². The van der Waals surface area contributed by atoms with Crippen LogP contribution in [-0.4, -0.2) is 23.2 Å². The summed E-state index contributed by atoms with van der Waals surface area (Å²) in [6.45, 7) is 4.30. The lowest BCUT2D eigenvalue weighted by Crippen LogP contribution is -2.40. The molecule has 1 aliphatic heterocycles. The van der Waals surface area contributed by atoms with E-state index >= 15 is 0 Å².